The second-order valence-corrected chi connectivity index (χ2v) is 8.67. The third kappa shape index (κ3) is 5.04. The van der Waals surface area contributed by atoms with E-state index < -0.39 is 24.0 Å². The number of nitrogens with one attached hydrogen (secondary N) is 2. The van der Waals surface area contributed by atoms with Crippen LogP contribution in [0.25, 0.3) is 11.1 Å². The summed E-state index contributed by atoms with van der Waals surface area (Å²) in [6.45, 7) is 3.89. The maximum Gasteiger partial charge on any atom is 0.407 e. The summed E-state index contributed by atoms with van der Waals surface area (Å²) in [5.74, 6) is -1.94. The molecule has 2 atom stereocenters. The lowest BCUT2D eigenvalue weighted by Gasteiger charge is -2.24. The molecule has 7 nitrogen and oxygen atoms in total. The average Bonchev–Trinajstić information content (AvgIpc) is 3.19. The zero-order valence-corrected chi connectivity index (χ0v) is 19.7. The number of rotatable bonds is 8. The minimum Gasteiger partial charge on any atom is -0.478 e. The van der Waals surface area contributed by atoms with Crippen LogP contribution < -0.4 is 10.6 Å². The van der Waals surface area contributed by atoms with Crippen molar-refractivity contribution < 1.29 is 24.2 Å². The number of benzene rings is 3. The van der Waals surface area contributed by atoms with E-state index in [1.54, 1.807) is 12.1 Å². The number of carboxylic acids is 1. The molecule has 7 heteroatoms. The van der Waals surface area contributed by atoms with E-state index in [9.17, 15) is 19.5 Å². The molecule has 0 unspecified atom stereocenters. The minimum absolute atomic E-state index is 0.0232. The fraction of sp³-hybridized carbons (Fsp3) is 0.250. The molecule has 2 amide bonds. The van der Waals surface area contributed by atoms with Gasteiger partial charge in [-0.3, -0.25) is 4.79 Å². The molecule has 3 N–H and O–H groups in total. The first-order valence-electron chi connectivity index (χ1n) is 11.6. The summed E-state index contributed by atoms with van der Waals surface area (Å²) in [5.41, 5.74) is 4.61. The molecule has 35 heavy (non-hydrogen) atoms. The van der Waals surface area contributed by atoms with Gasteiger partial charge in [0.2, 0.25) is 5.91 Å². The zero-order valence-electron chi connectivity index (χ0n) is 19.7. The molecule has 1 aliphatic carbocycles. The van der Waals surface area contributed by atoms with Crippen molar-refractivity contribution in [2.45, 2.75) is 32.2 Å². The van der Waals surface area contributed by atoms with E-state index in [0.717, 1.165) is 22.3 Å². The molecule has 3 aromatic rings. The Morgan fingerprint density at radius 2 is 1.49 bits per heavy atom. The normalized spacial score (nSPS) is 13.8. The SMILES string of the molecule is CC[C@H](C)[C@H](NC(=O)OCC1c2ccccc2-c2ccccc21)C(=O)Nc1ccccc1C(=O)O. The van der Waals surface area contributed by atoms with Crippen molar-refractivity contribution in [3.63, 3.8) is 0 Å². The number of carboxylic acid groups (broad SMARTS) is 1. The third-order valence-corrected chi connectivity index (χ3v) is 6.53. The molecule has 0 saturated heterocycles. The molecule has 0 aromatic heterocycles. The molecule has 1 aliphatic rings. The fourth-order valence-electron chi connectivity index (χ4n) is 4.46. The van der Waals surface area contributed by atoms with Crippen molar-refractivity contribution in [1.29, 1.82) is 0 Å². The van der Waals surface area contributed by atoms with Crippen LogP contribution in [0.4, 0.5) is 10.5 Å². The lowest BCUT2D eigenvalue weighted by atomic mass is 9.98. The number of fused-ring (bicyclic) bond motifs is 3. The summed E-state index contributed by atoms with van der Waals surface area (Å²) in [4.78, 5) is 37.3. The van der Waals surface area contributed by atoms with Gasteiger partial charge < -0.3 is 20.5 Å². The van der Waals surface area contributed by atoms with Crippen molar-refractivity contribution in [2.75, 3.05) is 11.9 Å². The highest BCUT2D eigenvalue weighted by Gasteiger charge is 2.31. The predicted octanol–water partition coefficient (Wildman–Crippen LogP) is 5.28. The molecule has 0 aliphatic heterocycles. The number of hydrogen-bond donors (Lipinski definition) is 3. The Kier molecular flexibility index (Phi) is 7.15. The van der Waals surface area contributed by atoms with Crippen LogP contribution in [0.15, 0.2) is 72.8 Å². The fourth-order valence-corrected chi connectivity index (χ4v) is 4.46. The third-order valence-electron chi connectivity index (χ3n) is 6.53. The zero-order chi connectivity index (χ0) is 24.9. The number of carbonyl (C=O) groups is 3. The van der Waals surface area contributed by atoms with Crippen molar-refractivity contribution in [2.24, 2.45) is 5.92 Å². The van der Waals surface area contributed by atoms with Gasteiger partial charge in [-0.25, -0.2) is 9.59 Å². The summed E-state index contributed by atoms with van der Waals surface area (Å²) in [6.07, 6.45) is -0.0682. The van der Waals surface area contributed by atoms with Gasteiger partial charge in [0.25, 0.3) is 0 Å². The summed E-state index contributed by atoms with van der Waals surface area (Å²) in [7, 11) is 0. The number of carbonyl (C=O) groups excluding carboxylic acids is 2. The molecule has 3 aromatic carbocycles. The van der Waals surface area contributed by atoms with Gasteiger partial charge in [0.1, 0.15) is 12.6 Å². The molecule has 180 valence electrons. The van der Waals surface area contributed by atoms with Crippen molar-refractivity contribution >= 4 is 23.7 Å². The van der Waals surface area contributed by atoms with Gasteiger partial charge >= 0.3 is 12.1 Å². The molecule has 0 spiro atoms. The number of hydrogen-bond acceptors (Lipinski definition) is 4. The Morgan fingerprint density at radius 1 is 0.914 bits per heavy atom. The van der Waals surface area contributed by atoms with Crippen LogP contribution in [0.1, 0.15) is 47.7 Å². The summed E-state index contributed by atoms with van der Waals surface area (Å²) < 4.78 is 5.60. The standard InChI is InChI=1S/C28H28N2O5/c1-3-17(2)25(26(31)29-24-15-9-8-14-22(24)27(32)33)30-28(34)35-16-23-20-12-6-4-10-18(20)19-11-5-7-13-21(19)23/h4-15,17,23,25H,3,16H2,1-2H3,(H,29,31)(H,30,34)(H,32,33)/t17-,25-/m0/s1. The highest BCUT2D eigenvalue weighted by molar-refractivity contribution is 6.03. The van der Waals surface area contributed by atoms with Gasteiger partial charge in [0.15, 0.2) is 0 Å². The Balaban J connectivity index is 1.45. The Labute approximate surface area is 204 Å². The Hall–Kier alpha value is -4.13. The molecule has 0 heterocycles. The van der Waals surface area contributed by atoms with E-state index in [-0.39, 0.29) is 29.7 Å². The Morgan fingerprint density at radius 3 is 2.09 bits per heavy atom. The van der Waals surface area contributed by atoms with Crippen LogP contribution >= 0.6 is 0 Å². The number of para-hydroxylation sites is 1. The van der Waals surface area contributed by atoms with Crippen molar-refractivity contribution in [3.05, 3.63) is 89.5 Å². The number of anilines is 1. The van der Waals surface area contributed by atoms with E-state index in [0.29, 0.717) is 6.42 Å². The summed E-state index contributed by atoms with van der Waals surface area (Å²) >= 11 is 0. The van der Waals surface area contributed by atoms with Gasteiger partial charge in [-0.15, -0.1) is 0 Å². The van der Waals surface area contributed by atoms with Gasteiger partial charge in [-0.1, -0.05) is 80.9 Å². The lowest BCUT2D eigenvalue weighted by Crippen LogP contribution is -2.48. The summed E-state index contributed by atoms with van der Waals surface area (Å²) in [6, 6.07) is 21.4. The summed E-state index contributed by atoms with van der Waals surface area (Å²) in [5, 5.41) is 14.7. The van der Waals surface area contributed by atoms with Gasteiger partial charge in [-0.05, 0) is 40.3 Å². The second kappa shape index (κ2) is 10.4. The lowest BCUT2D eigenvalue weighted by molar-refractivity contribution is -0.119. The maximum atomic E-state index is 13.0. The van der Waals surface area contributed by atoms with E-state index >= 15 is 0 Å². The van der Waals surface area contributed by atoms with Gasteiger partial charge in [0.05, 0.1) is 11.3 Å². The van der Waals surface area contributed by atoms with Crippen LogP contribution in [-0.4, -0.2) is 35.7 Å². The highest BCUT2D eigenvalue weighted by Crippen LogP contribution is 2.44. The molecular weight excluding hydrogens is 444 g/mol. The quantitative estimate of drug-likeness (QED) is 0.414. The monoisotopic (exact) mass is 472 g/mol. The maximum absolute atomic E-state index is 13.0. The average molecular weight is 473 g/mol. The number of amides is 2. The highest BCUT2D eigenvalue weighted by atomic mass is 16.5. The first kappa shape index (κ1) is 24.0. The van der Waals surface area contributed by atoms with Crippen LogP contribution in [0.5, 0.6) is 0 Å². The minimum atomic E-state index is -1.15. The number of ether oxygens (including phenoxy) is 1. The van der Waals surface area contributed by atoms with E-state index in [4.69, 9.17) is 4.74 Å². The molecule has 0 fully saturated rings. The van der Waals surface area contributed by atoms with E-state index in [2.05, 4.69) is 22.8 Å². The largest absolute Gasteiger partial charge is 0.478 e. The molecule has 0 radical (unpaired) electrons. The van der Waals surface area contributed by atoms with E-state index in [1.807, 2.05) is 50.2 Å². The van der Waals surface area contributed by atoms with Crippen molar-refractivity contribution in [1.82, 2.24) is 5.32 Å². The molecule has 0 bridgehead atoms. The smallest absolute Gasteiger partial charge is 0.407 e. The van der Waals surface area contributed by atoms with Crippen LogP contribution in [0.2, 0.25) is 0 Å². The van der Waals surface area contributed by atoms with Crippen LogP contribution in [-0.2, 0) is 9.53 Å². The number of alkyl carbamates (subject to hydrolysis) is 1. The van der Waals surface area contributed by atoms with Crippen molar-refractivity contribution in [3.8, 4) is 11.1 Å². The Bertz CT molecular complexity index is 1210. The molecule has 4 rings (SSSR count). The van der Waals surface area contributed by atoms with E-state index in [1.165, 1.54) is 12.1 Å². The van der Waals surface area contributed by atoms with Crippen LogP contribution in [0.3, 0.4) is 0 Å². The molecular formula is C28H28N2O5. The molecule has 0 saturated carbocycles. The second-order valence-electron chi connectivity index (χ2n) is 8.67. The topological polar surface area (TPSA) is 105 Å². The number of aromatic carboxylic acids is 1. The predicted molar refractivity (Wildman–Crippen MR) is 133 cm³/mol. The van der Waals surface area contributed by atoms with Crippen LogP contribution in [0, 0.1) is 5.92 Å². The van der Waals surface area contributed by atoms with Gasteiger partial charge in [0, 0.05) is 5.92 Å². The first-order valence-corrected chi connectivity index (χ1v) is 11.6. The van der Waals surface area contributed by atoms with Gasteiger partial charge in [-0.2, -0.15) is 0 Å². The first-order chi connectivity index (χ1) is 16.9.